The number of hydrogen-bond acceptors (Lipinski definition) is 7. The number of rotatable bonds is 5. The van der Waals surface area contributed by atoms with Gasteiger partial charge in [-0.1, -0.05) is 29.5 Å². The molecule has 0 spiro atoms. The standard InChI is InChI=1S/C15H19N5O3S2/c1-10-3-4-13(11(2)7-10)20-15(17-18-19-20)24-8-14(21)16-12-5-6-25(22,23)9-12/h3-4,7,12H,5-6,8-9H2,1-2H3,(H,16,21)/t12-/m0/s1. The third kappa shape index (κ3) is 4.37. The molecule has 8 nitrogen and oxygen atoms in total. The molecule has 0 radical (unpaired) electrons. The normalized spacial score (nSPS) is 19.0. The zero-order valence-electron chi connectivity index (χ0n) is 14.0. The van der Waals surface area contributed by atoms with Gasteiger partial charge >= 0.3 is 0 Å². The third-order valence-electron chi connectivity index (χ3n) is 3.95. The molecule has 0 unspecified atom stereocenters. The van der Waals surface area contributed by atoms with Crippen LogP contribution in [0.5, 0.6) is 0 Å². The van der Waals surface area contributed by atoms with E-state index in [0.717, 1.165) is 16.8 Å². The number of carbonyl (C=O) groups excluding carboxylic acids is 1. The molecule has 2 heterocycles. The van der Waals surface area contributed by atoms with Crippen LogP contribution >= 0.6 is 11.8 Å². The van der Waals surface area contributed by atoms with Crippen LogP contribution < -0.4 is 5.32 Å². The lowest BCUT2D eigenvalue weighted by molar-refractivity contribution is -0.119. The summed E-state index contributed by atoms with van der Waals surface area (Å²) in [6.07, 6.45) is 0.471. The van der Waals surface area contributed by atoms with Crippen LogP contribution in [0.3, 0.4) is 0 Å². The number of aromatic nitrogens is 4. The first-order valence-corrected chi connectivity index (χ1v) is 10.6. The van der Waals surface area contributed by atoms with Crippen LogP contribution in [-0.2, 0) is 14.6 Å². The Kier molecular flexibility index (Phi) is 5.09. The number of amides is 1. The van der Waals surface area contributed by atoms with Gasteiger partial charge < -0.3 is 5.32 Å². The van der Waals surface area contributed by atoms with Gasteiger partial charge in [0.05, 0.1) is 22.9 Å². The van der Waals surface area contributed by atoms with E-state index < -0.39 is 9.84 Å². The molecule has 10 heteroatoms. The van der Waals surface area contributed by atoms with Crippen molar-refractivity contribution in [2.45, 2.75) is 31.5 Å². The van der Waals surface area contributed by atoms with Gasteiger partial charge in [-0.2, -0.15) is 4.68 Å². The SMILES string of the molecule is Cc1ccc(-n2nnnc2SCC(=O)N[C@H]2CCS(=O)(=O)C2)c(C)c1. The number of thioether (sulfide) groups is 1. The largest absolute Gasteiger partial charge is 0.352 e. The highest BCUT2D eigenvalue weighted by Gasteiger charge is 2.28. The highest BCUT2D eigenvalue weighted by Crippen LogP contribution is 2.21. The lowest BCUT2D eigenvalue weighted by Crippen LogP contribution is -2.36. The Morgan fingerprint density at radius 2 is 2.20 bits per heavy atom. The van der Waals surface area contributed by atoms with E-state index in [1.165, 1.54) is 11.8 Å². The molecule has 1 aromatic heterocycles. The molecule has 25 heavy (non-hydrogen) atoms. The maximum atomic E-state index is 12.1. The second kappa shape index (κ2) is 7.12. The van der Waals surface area contributed by atoms with Gasteiger partial charge in [-0.25, -0.2) is 8.42 Å². The average Bonchev–Trinajstić information content (AvgIpc) is 3.11. The maximum Gasteiger partial charge on any atom is 0.230 e. The average molecular weight is 381 g/mol. The smallest absolute Gasteiger partial charge is 0.230 e. The zero-order chi connectivity index (χ0) is 18.0. The van der Waals surface area contributed by atoms with E-state index in [0.29, 0.717) is 11.6 Å². The molecule has 0 aliphatic carbocycles. The summed E-state index contributed by atoms with van der Waals surface area (Å²) < 4.78 is 24.5. The fourth-order valence-electron chi connectivity index (χ4n) is 2.77. The quantitative estimate of drug-likeness (QED) is 0.759. The molecule has 1 aromatic carbocycles. The van der Waals surface area contributed by atoms with Gasteiger partial charge in [-0.3, -0.25) is 4.79 Å². The van der Waals surface area contributed by atoms with E-state index in [9.17, 15) is 13.2 Å². The van der Waals surface area contributed by atoms with Crippen LogP contribution in [0.4, 0.5) is 0 Å². The van der Waals surface area contributed by atoms with E-state index >= 15 is 0 Å². The number of nitrogens with zero attached hydrogens (tertiary/aromatic N) is 4. The summed E-state index contributed by atoms with van der Waals surface area (Å²) in [4.78, 5) is 12.1. The van der Waals surface area contributed by atoms with Crippen LogP contribution in [-0.4, -0.2) is 57.8 Å². The zero-order valence-corrected chi connectivity index (χ0v) is 15.6. The van der Waals surface area contributed by atoms with E-state index in [4.69, 9.17) is 0 Å². The van der Waals surface area contributed by atoms with E-state index in [1.807, 2.05) is 32.0 Å². The first-order valence-electron chi connectivity index (χ1n) is 7.83. The molecule has 1 fully saturated rings. The Morgan fingerprint density at radius 3 is 2.88 bits per heavy atom. The fourth-order valence-corrected chi connectivity index (χ4v) is 5.14. The van der Waals surface area contributed by atoms with Crippen molar-refractivity contribution in [3.8, 4) is 5.69 Å². The molecule has 1 aliphatic rings. The number of hydrogen-bond donors (Lipinski definition) is 1. The van der Waals surface area contributed by atoms with Crippen molar-refractivity contribution in [3.63, 3.8) is 0 Å². The molecule has 1 N–H and O–H groups in total. The predicted octanol–water partition coefficient (Wildman–Crippen LogP) is 0.675. The third-order valence-corrected chi connectivity index (χ3v) is 6.64. The number of nitrogens with one attached hydrogen (secondary N) is 1. The molecule has 1 amide bonds. The van der Waals surface area contributed by atoms with Gasteiger partial charge in [0.1, 0.15) is 0 Å². The minimum atomic E-state index is -3.01. The monoisotopic (exact) mass is 381 g/mol. The number of sulfone groups is 1. The van der Waals surface area contributed by atoms with Crippen LogP contribution in [0.1, 0.15) is 17.5 Å². The number of benzene rings is 1. The van der Waals surface area contributed by atoms with Crippen molar-refractivity contribution >= 4 is 27.5 Å². The fraction of sp³-hybridized carbons (Fsp3) is 0.467. The van der Waals surface area contributed by atoms with Gasteiger partial charge in [0.25, 0.3) is 0 Å². The van der Waals surface area contributed by atoms with E-state index in [2.05, 4.69) is 20.8 Å². The Hall–Kier alpha value is -1.94. The summed E-state index contributed by atoms with van der Waals surface area (Å²) in [5.74, 6) is 0.0592. The van der Waals surface area contributed by atoms with Crippen molar-refractivity contribution in [2.75, 3.05) is 17.3 Å². The maximum absolute atomic E-state index is 12.1. The Bertz CT molecular complexity index is 894. The van der Waals surface area contributed by atoms with Crippen molar-refractivity contribution < 1.29 is 13.2 Å². The molecule has 0 bridgehead atoms. The summed E-state index contributed by atoms with van der Waals surface area (Å²) >= 11 is 1.22. The number of tetrazole rings is 1. The van der Waals surface area contributed by atoms with Gasteiger partial charge in [-0.05, 0) is 42.3 Å². The summed E-state index contributed by atoms with van der Waals surface area (Å²) in [6, 6.07) is 5.66. The lowest BCUT2D eigenvalue weighted by Gasteiger charge is -2.11. The van der Waals surface area contributed by atoms with E-state index in [-0.39, 0.29) is 29.2 Å². The molecular formula is C15H19N5O3S2. The lowest BCUT2D eigenvalue weighted by atomic mass is 10.1. The minimum absolute atomic E-state index is 0.0176. The molecule has 1 saturated heterocycles. The highest BCUT2D eigenvalue weighted by molar-refractivity contribution is 7.99. The van der Waals surface area contributed by atoms with Crippen molar-refractivity contribution in [1.29, 1.82) is 0 Å². The molecule has 1 atom stereocenters. The predicted molar refractivity (Wildman–Crippen MR) is 94.6 cm³/mol. The Morgan fingerprint density at radius 1 is 1.40 bits per heavy atom. The molecular weight excluding hydrogens is 362 g/mol. The van der Waals surface area contributed by atoms with Gasteiger partial charge in [0.15, 0.2) is 9.84 Å². The van der Waals surface area contributed by atoms with Gasteiger partial charge in [0, 0.05) is 6.04 Å². The second-order valence-corrected chi connectivity index (χ2v) is 9.29. The first-order chi connectivity index (χ1) is 11.8. The van der Waals surface area contributed by atoms with Crippen molar-refractivity contribution in [2.24, 2.45) is 0 Å². The molecule has 3 rings (SSSR count). The molecule has 2 aromatic rings. The first kappa shape index (κ1) is 17.9. The Labute approximate surface area is 150 Å². The summed E-state index contributed by atoms with van der Waals surface area (Å²) in [7, 11) is -3.01. The van der Waals surface area contributed by atoms with Crippen LogP contribution in [0.25, 0.3) is 5.69 Å². The number of aryl methyl sites for hydroxylation is 2. The highest BCUT2D eigenvalue weighted by atomic mass is 32.2. The molecule has 0 saturated carbocycles. The van der Waals surface area contributed by atoms with Gasteiger partial charge in [-0.15, -0.1) is 5.10 Å². The molecule has 1 aliphatic heterocycles. The van der Waals surface area contributed by atoms with Crippen molar-refractivity contribution in [1.82, 2.24) is 25.5 Å². The van der Waals surface area contributed by atoms with Gasteiger partial charge in [0.2, 0.25) is 11.1 Å². The Balaban J connectivity index is 1.63. The van der Waals surface area contributed by atoms with Crippen LogP contribution in [0, 0.1) is 13.8 Å². The topological polar surface area (TPSA) is 107 Å². The van der Waals surface area contributed by atoms with E-state index in [1.54, 1.807) is 4.68 Å². The number of carbonyl (C=O) groups is 1. The van der Waals surface area contributed by atoms with Crippen molar-refractivity contribution in [3.05, 3.63) is 29.3 Å². The summed E-state index contributed by atoms with van der Waals surface area (Å²) in [6.45, 7) is 3.99. The summed E-state index contributed by atoms with van der Waals surface area (Å²) in [5, 5.41) is 14.9. The summed E-state index contributed by atoms with van der Waals surface area (Å²) in [5.41, 5.74) is 3.05. The van der Waals surface area contributed by atoms with Crippen LogP contribution in [0.2, 0.25) is 0 Å². The van der Waals surface area contributed by atoms with Crippen LogP contribution in [0.15, 0.2) is 23.4 Å². The minimum Gasteiger partial charge on any atom is -0.352 e. The second-order valence-electron chi connectivity index (χ2n) is 6.12. The molecule has 134 valence electrons.